The minimum absolute atomic E-state index is 0. The number of amides is 1. The van der Waals surface area contributed by atoms with Crippen molar-refractivity contribution in [3.8, 4) is 16.9 Å². The number of hydrogen-bond donors (Lipinski definition) is 2. The van der Waals surface area contributed by atoms with Crippen molar-refractivity contribution in [3.63, 3.8) is 0 Å². The number of likely N-dealkylation sites (tertiary alicyclic amines) is 1. The third-order valence-electron chi connectivity index (χ3n) is 5.82. The third kappa shape index (κ3) is 5.64. The number of rotatable bonds is 9. The van der Waals surface area contributed by atoms with Crippen LogP contribution in [0.2, 0.25) is 0 Å². The molecular formula is C24H30ClN3O5. The summed E-state index contributed by atoms with van der Waals surface area (Å²) >= 11 is 0. The maximum atomic E-state index is 12.9. The molecule has 0 bridgehead atoms. The molecule has 2 atom stereocenters. The fourth-order valence-electron chi connectivity index (χ4n) is 3.95. The zero-order valence-corrected chi connectivity index (χ0v) is 19.8. The van der Waals surface area contributed by atoms with E-state index in [9.17, 15) is 9.59 Å². The molecule has 3 N–H and O–H groups in total. The number of nitrogens with zero attached hydrogens (tertiary/aromatic N) is 1. The van der Waals surface area contributed by atoms with Crippen molar-refractivity contribution in [1.29, 1.82) is 5.41 Å². The molecule has 8 nitrogen and oxygen atoms in total. The number of methoxy groups -OCH3 is 2. The van der Waals surface area contributed by atoms with Crippen LogP contribution in [0.4, 0.5) is 0 Å². The molecule has 1 aliphatic heterocycles. The van der Waals surface area contributed by atoms with Crippen LogP contribution in [0.15, 0.2) is 48.5 Å². The van der Waals surface area contributed by atoms with Crippen molar-refractivity contribution in [2.24, 2.45) is 11.1 Å². The van der Waals surface area contributed by atoms with Crippen molar-refractivity contribution < 1.29 is 23.8 Å². The second-order valence-corrected chi connectivity index (χ2v) is 8.00. The fraction of sp³-hybridized carbons (Fsp3) is 0.375. The van der Waals surface area contributed by atoms with Gasteiger partial charge in [0.05, 0.1) is 19.8 Å². The van der Waals surface area contributed by atoms with Gasteiger partial charge >= 0.3 is 5.97 Å². The van der Waals surface area contributed by atoms with E-state index in [2.05, 4.69) is 0 Å². The molecule has 178 valence electrons. The third-order valence-corrected chi connectivity index (χ3v) is 5.82. The van der Waals surface area contributed by atoms with E-state index in [4.69, 9.17) is 25.4 Å². The van der Waals surface area contributed by atoms with Gasteiger partial charge < -0.3 is 24.8 Å². The number of esters is 1. The van der Waals surface area contributed by atoms with E-state index in [1.165, 1.54) is 7.11 Å². The van der Waals surface area contributed by atoms with Gasteiger partial charge in [0, 0.05) is 19.2 Å². The van der Waals surface area contributed by atoms with Crippen LogP contribution in [0.1, 0.15) is 18.9 Å². The molecule has 0 unspecified atom stereocenters. The first-order valence-electron chi connectivity index (χ1n) is 10.4. The lowest BCUT2D eigenvalue weighted by Crippen LogP contribution is -2.42. The summed E-state index contributed by atoms with van der Waals surface area (Å²) in [5.74, 6) is -0.0969. The molecule has 2 aromatic rings. The zero-order chi connectivity index (χ0) is 23.3. The number of hydrogen-bond acceptors (Lipinski definition) is 6. The summed E-state index contributed by atoms with van der Waals surface area (Å²) < 4.78 is 16.0. The van der Waals surface area contributed by atoms with Gasteiger partial charge in [0.15, 0.2) is 0 Å². The summed E-state index contributed by atoms with van der Waals surface area (Å²) in [6.07, 6.45) is 0.322. The van der Waals surface area contributed by atoms with Gasteiger partial charge in [-0.05, 0) is 36.6 Å². The predicted octanol–water partition coefficient (Wildman–Crippen LogP) is 2.86. The average Bonchev–Trinajstić information content (AvgIpc) is 3.06. The van der Waals surface area contributed by atoms with Crippen molar-refractivity contribution in [3.05, 3.63) is 54.1 Å². The van der Waals surface area contributed by atoms with E-state index >= 15 is 0 Å². The van der Waals surface area contributed by atoms with Gasteiger partial charge in [-0.2, -0.15) is 0 Å². The van der Waals surface area contributed by atoms with Gasteiger partial charge in [-0.15, -0.1) is 12.4 Å². The molecule has 2 aromatic carbocycles. The van der Waals surface area contributed by atoms with Gasteiger partial charge in [-0.3, -0.25) is 15.0 Å². The number of benzene rings is 2. The minimum atomic E-state index is -1.22. The molecule has 0 saturated carbocycles. The Kier molecular flexibility index (Phi) is 8.84. The second-order valence-electron chi connectivity index (χ2n) is 8.00. The SMILES string of the molecule is COCCN1C(=O)[C@@](C)(C(=O)OC)C[C@H]1COc1ccc(-c2ccc(C(=N)N)cc2)cc1.Cl. The molecule has 0 spiro atoms. The van der Waals surface area contributed by atoms with E-state index < -0.39 is 11.4 Å². The van der Waals surface area contributed by atoms with E-state index in [1.807, 2.05) is 48.5 Å². The highest BCUT2D eigenvalue weighted by molar-refractivity contribution is 6.04. The van der Waals surface area contributed by atoms with Crippen molar-refractivity contribution in [2.45, 2.75) is 19.4 Å². The first-order chi connectivity index (χ1) is 15.3. The number of amidine groups is 1. The molecule has 0 radical (unpaired) electrons. The molecule has 3 rings (SSSR count). The normalized spacial score (nSPS) is 19.7. The second kappa shape index (κ2) is 11.2. The van der Waals surface area contributed by atoms with Crippen LogP contribution in [-0.4, -0.2) is 62.6 Å². The Hall–Kier alpha value is -3.10. The van der Waals surface area contributed by atoms with Crippen molar-refractivity contribution >= 4 is 30.1 Å². The Morgan fingerprint density at radius 2 is 1.70 bits per heavy atom. The van der Waals surface area contributed by atoms with Crippen LogP contribution >= 0.6 is 12.4 Å². The summed E-state index contributed by atoms with van der Waals surface area (Å²) in [6.45, 7) is 2.63. The molecule has 0 aromatic heterocycles. The number of carbonyl (C=O) groups excluding carboxylic acids is 2. The number of nitrogens with two attached hydrogens (primary N) is 1. The summed E-state index contributed by atoms with van der Waals surface area (Å²) in [7, 11) is 2.86. The maximum Gasteiger partial charge on any atom is 0.321 e. The molecule has 0 aliphatic carbocycles. The van der Waals surface area contributed by atoms with Crippen LogP contribution in [0, 0.1) is 10.8 Å². The lowest BCUT2D eigenvalue weighted by Gasteiger charge is -2.24. The molecule has 1 fully saturated rings. The Morgan fingerprint density at radius 3 is 2.21 bits per heavy atom. The largest absolute Gasteiger partial charge is 0.491 e. The molecule has 1 heterocycles. The molecule has 9 heteroatoms. The lowest BCUT2D eigenvalue weighted by atomic mass is 9.87. The van der Waals surface area contributed by atoms with Crippen LogP contribution in [0.3, 0.4) is 0 Å². The van der Waals surface area contributed by atoms with E-state index in [0.717, 1.165) is 11.1 Å². The number of nitrogen functional groups attached to an aromatic ring is 1. The van der Waals surface area contributed by atoms with Crippen molar-refractivity contribution in [2.75, 3.05) is 34.0 Å². The van der Waals surface area contributed by atoms with Gasteiger partial charge in [0.25, 0.3) is 0 Å². The summed E-state index contributed by atoms with van der Waals surface area (Å²) in [5.41, 5.74) is 6.97. The Labute approximate surface area is 199 Å². The zero-order valence-electron chi connectivity index (χ0n) is 19.0. The number of nitrogens with one attached hydrogen (secondary N) is 1. The van der Waals surface area contributed by atoms with Crippen LogP contribution in [0.5, 0.6) is 5.75 Å². The number of carbonyl (C=O) groups is 2. The molecule has 1 aliphatic rings. The smallest absolute Gasteiger partial charge is 0.321 e. The van der Waals surface area contributed by atoms with E-state index in [-0.39, 0.29) is 36.8 Å². The maximum absolute atomic E-state index is 12.9. The average molecular weight is 476 g/mol. The monoisotopic (exact) mass is 475 g/mol. The van der Waals surface area contributed by atoms with E-state index in [0.29, 0.717) is 30.9 Å². The van der Waals surface area contributed by atoms with E-state index in [1.54, 1.807) is 18.9 Å². The fourth-order valence-corrected chi connectivity index (χ4v) is 3.95. The Morgan fingerprint density at radius 1 is 1.12 bits per heavy atom. The quantitative estimate of drug-likeness (QED) is 0.249. The summed E-state index contributed by atoms with van der Waals surface area (Å²) in [4.78, 5) is 26.8. The van der Waals surface area contributed by atoms with Crippen LogP contribution < -0.4 is 10.5 Å². The number of halogens is 1. The standard InChI is InChI=1S/C24H29N3O5.ClH/c1-24(23(29)31-3)14-19(27(22(24)28)12-13-30-2)15-32-20-10-8-17(9-11-20)16-4-6-18(7-5-16)21(25)26;/h4-11,19H,12-15H2,1-3H3,(H3,25,26);1H/t19-,24-;/m0./s1. The summed E-state index contributed by atoms with van der Waals surface area (Å²) in [6, 6.07) is 14.8. The minimum Gasteiger partial charge on any atom is -0.491 e. The van der Waals surface area contributed by atoms with Gasteiger partial charge in [-0.25, -0.2) is 0 Å². The lowest BCUT2D eigenvalue weighted by molar-refractivity contribution is -0.158. The number of ether oxygens (including phenoxy) is 3. The Bertz CT molecular complexity index is 981. The van der Waals surface area contributed by atoms with Gasteiger partial charge in [-0.1, -0.05) is 36.4 Å². The van der Waals surface area contributed by atoms with Gasteiger partial charge in [0.2, 0.25) is 5.91 Å². The molecule has 33 heavy (non-hydrogen) atoms. The van der Waals surface area contributed by atoms with Gasteiger partial charge in [0.1, 0.15) is 23.6 Å². The highest BCUT2D eigenvalue weighted by Gasteiger charge is 2.54. The Balaban J connectivity index is 0.00000385. The predicted molar refractivity (Wildman–Crippen MR) is 128 cm³/mol. The van der Waals surface area contributed by atoms with Crippen LogP contribution in [-0.2, 0) is 19.1 Å². The topological polar surface area (TPSA) is 115 Å². The summed E-state index contributed by atoms with van der Waals surface area (Å²) in [5, 5.41) is 7.48. The highest BCUT2D eigenvalue weighted by Crippen LogP contribution is 2.37. The van der Waals surface area contributed by atoms with Crippen molar-refractivity contribution in [1.82, 2.24) is 4.90 Å². The highest BCUT2D eigenvalue weighted by atomic mass is 35.5. The van der Waals surface area contributed by atoms with Crippen LogP contribution in [0.25, 0.3) is 11.1 Å². The first-order valence-corrected chi connectivity index (χ1v) is 10.4. The first kappa shape index (κ1) is 26.2. The molecule has 1 saturated heterocycles. The molecule has 1 amide bonds. The molecular weight excluding hydrogens is 446 g/mol.